The molecule has 0 unspecified atom stereocenters. The van der Waals surface area contributed by atoms with Crippen LogP contribution in [-0.2, 0) is 19.9 Å². The van der Waals surface area contributed by atoms with Crippen LogP contribution in [-0.4, -0.2) is 24.2 Å². The predicted octanol–water partition coefficient (Wildman–Crippen LogP) is 6.58. The number of carbonyl (C=O) groups is 1. The molecule has 1 heterocycles. The first-order valence-electron chi connectivity index (χ1n) is 10.1. The van der Waals surface area contributed by atoms with Gasteiger partial charge in [0, 0.05) is 24.3 Å². The summed E-state index contributed by atoms with van der Waals surface area (Å²) < 4.78 is 52.5. The molecule has 0 bridgehead atoms. The van der Waals surface area contributed by atoms with Crippen molar-refractivity contribution in [3.8, 4) is 0 Å². The zero-order chi connectivity index (χ0) is 22.0. The molecule has 0 saturated carbocycles. The summed E-state index contributed by atoms with van der Waals surface area (Å²) in [4.78, 5) is 17.1. The number of ether oxygens (including phenoxy) is 2. The second kappa shape index (κ2) is 11.5. The quantitative estimate of drug-likeness (QED) is 0.275. The van der Waals surface area contributed by atoms with E-state index in [0.29, 0.717) is 11.4 Å². The zero-order valence-electron chi connectivity index (χ0n) is 17.3. The molecule has 30 heavy (non-hydrogen) atoms. The van der Waals surface area contributed by atoms with Crippen LogP contribution >= 0.6 is 11.3 Å². The lowest BCUT2D eigenvalue weighted by atomic mass is 9.92. The van der Waals surface area contributed by atoms with Crippen LogP contribution in [0.3, 0.4) is 0 Å². The monoisotopic (exact) mass is 443 g/mol. The molecule has 0 saturated heterocycles. The number of benzene rings is 1. The van der Waals surface area contributed by atoms with Crippen LogP contribution in [0.1, 0.15) is 68.5 Å². The van der Waals surface area contributed by atoms with E-state index in [0.717, 1.165) is 45.6 Å². The first-order chi connectivity index (χ1) is 14.4. The van der Waals surface area contributed by atoms with Crippen LogP contribution in [0.4, 0.5) is 13.2 Å². The van der Waals surface area contributed by atoms with Crippen LogP contribution in [0.25, 0.3) is 0 Å². The molecule has 0 aliphatic carbocycles. The van der Waals surface area contributed by atoms with Gasteiger partial charge in [-0.25, -0.2) is 9.78 Å². The number of unbranched alkanes of at least 4 members (excludes halogenated alkanes) is 5. The van der Waals surface area contributed by atoms with Crippen molar-refractivity contribution in [1.29, 1.82) is 0 Å². The molecule has 4 nitrogen and oxygen atoms in total. The highest BCUT2D eigenvalue weighted by molar-refractivity contribution is 7.09. The van der Waals surface area contributed by atoms with Gasteiger partial charge in [0.25, 0.3) is 5.60 Å². The van der Waals surface area contributed by atoms with Gasteiger partial charge in [-0.3, -0.25) is 0 Å². The summed E-state index contributed by atoms with van der Waals surface area (Å²) in [5.74, 6) is -1.48. The lowest BCUT2D eigenvalue weighted by Gasteiger charge is -2.33. The number of hydrogen-bond acceptors (Lipinski definition) is 5. The largest absolute Gasteiger partial charge is 0.452 e. The van der Waals surface area contributed by atoms with Crippen LogP contribution < -0.4 is 0 Å². The van der Waals surface area contributed by atoms with Gasteiger partial charge in [-0.15, -0.1) is 11.3 Å². The Morgan fingerprint density at radius 1 is 1.10 bits per heavy atom. The number of methoxy groups -OCH3 is 1. The Bertz CT molecular complexity index is 753. The molecule has 0 fully saturated rings. The molecule has 2 atom stereocenters. The van der Waals surface area contributed by atoms with Crippen molar-refractivity contribution in [2.24, 2.45) is 0 Å². The second-order valence-corrected chi connectivity index (χ2v) is 8.00. The third kappa shape index (κ3) is 5.82. The number of thiazole rings is 1. The average Bonchev–Trinajstić information content (AvgIpc) is 3.25. The fraction of sp³-hybridized carbons (Fsp3) is 0.545. The number of hydrogen-bond donors (Lipinski definition) is 0. The van der Waals surface area contributed by atoms with Crippen molar-refractivity contribution < 1.29 is 27.4 Å². The predicted molar refractivity (Wildman–Crippen MR) is 110 cm³/mol. The van der Waals surface area contributed by atoms with Gasteiger partial charge in [0.05, 0.1) is 0 Å². The summed E-state index contributed by atoms with van der Waals surface area (Å²) in [5.41, 5.74) is -3.51. The Morgan fingerprint density at radius 2 is 1.77 bits per heavy atom. The molecule has 1 aromatic heterocycles. The number of halogens is 3. The number of carbonyl (C=O) groups excluding carboxylic acids is 1. The molecule has 2 rings (SSSR count). The maximum absolute atomic E-state index is 14.1. The van der Waals surface area contributed by atoms with Gasteiger partial charge >= 0.3 is 12.1 Å². The van der Waals surface area contributed by atoms with Gasteiger partial charge in [0.1, 0.15) is 5.01 Å². The molecule has 0 amide bonds. The van der Waals surface area contributed by atoms with Crippen LogP contribution in [0.2, 0.25) is 0 Å². The SMILES string of the molecule is CCCCCCCC[C@@H](OC(=O)[C@](OC)(c1ccccc1)C(F)(F)F)c1nccs1. The molecule has 0 aliphatic rings. The summed E-state index contributed by atoms with van der Waals surface area (Å²) in [6.07, 6.45) is 2.24. The molecule has 0 aliphatic heterocycles. The number of rotatable bonds is 12. The normalized spacial score (nSPS) is 14.8. The Labute approximate surface area is 179 Å². The van der Waals surface area contributed by atoms with Crippen molar-refractivity contribution in [2.75, 3.05) is 7.11 Å². The highest BCUT2D eigenvalue weighted by Gasteiger charge is 2.64. The van der Waals surface area contributed by atoms with E-state index in [1.807, 2.05) is 0 Å². The van der Waals surface area contributed by atoms with Gasteiger partial charge in [-0.05, 0) is 12.8 Å². The lowest BCUT2D eigenvalue weighted by Crippen LogP contribution is -2.52. The number of alkyl halides is 3. The third-order valence-corrected chi connectivity index (χ3v) is 5.84. The Balaban J connectivity index is 2.21. The molecule has 1 aromatic carbocycles. The van der Waals surface area contributed by atoms with Crippen molar-refractivity contribution in [3.63, 3.8) is 0 Å². The fourth-order valence-corrected chi connectivity index (χ4v) is 4.04. The van der Waals surface area contributed by atoms with Crippen molar-refractivity contribution in [3.05, 3.63) is 52.5 Å². The summed E-state index contributed by atoms with van der Waals surface area (Å²) in [5, 5.41) is 2.19. The number of aromatic nitrogens is 1. The Kier molecular flexibility index (Phi) is 9.30. The first kappa shape index (κ1) is 24.3. The summed E-state index contributed by atoms with van der Waals surface area (Å²) in [6.45, 7) is 2.13. The number of esters is 1. The lowest BCUT2D eigenvalue weighted by molar-refractivity contribution is -0.278. The smallest absolute Gasteiger partial charge is 0.432 e. The molecule has 0 radical (unpaired) electrons. The molecule has 166 valence electrons. The van der Waals surface area contributed by atoms with Crippen LogP contribution in [0, 0.1) is 0 Å². The maximum atomic E-state index is 14.1. The summed E-state index contributed by atoms with van der Waals surface area (Å²) in [7, 11) is 0.869. The molecule has 0 N–H and O–H groups in total. The van der Waals surface area contributed by atoms with Crippen molar-refractivity contribution in [1.82, 2.24) is 4.98 Å². The van der Waals surface area contributed by atoms with Gasteiger partial charge in [-0.1, -0.05) is 69.4 Å². The highest BCUT2D eigenvalue weighted by atomic mass is 32.1. The van der Waals surface area contributed by atoms with Gasteiger partial charge in [0.2, 0.25) is 0 Å². The minimum atomic E-state index is -4.99. The molecular formula is C22H28F3NO3S. The second-order valence-electron chi connectivity index (χ2n) is 7.07. The zero-order valence-corrected chi connectivity index (χ0v) is 18.1. The molecular weight excluding hydrogens is 415 g/mol. The summed E-state index contributed by atoms with van der Waals surface area (Å²) in [6, 6.07) is 6.85. The highest BCUT2D eigenvalue weighted by Crippen LogP contribution is 2.44. The topological polar surface area (TPSA) is 48.4 Å². The van der Waals surface area contributed by atoms with Gasteiger partial charge in [0.15, 0.2) is 6.10 Å². The fourth-order valence-electron chi connectivity index (χ4n) is 3.34. The molecule has 2 aromatic rings. The van der Waals surface area contributed by atoms with Gasteiger partial charge in [-0.2, -0.15) is 13.2 Å². The van der Waals surface area contributed by atoms with E-state index >= 15 is 0 Å². The average molecular weight is 444 g/mol. The Morgan fingerprint density at radius 3 is 2.33 bits per heavy atom. The standard InChI is InChI=1S/C22H28F3NO3S/c1-3-4-5-6-7-11-14-18(19-26-15-16-30-19)29-20(27)21(28-2,22(23,24)25)17-12-9-8-10-13-17/h8-10,12-13,15-16,18H,3-7,11,14H2,1-2H3/t18-,21-/m1/s1. The maximum Gasteiger partial charge on any atom is 0.432 e. The van der Waals surface area contributed by atoms with Crippen LogP contribution in [0.15, 0.2) is 41.9 Å². The van der Waals surface area contributed by atoms with E-state index in [-0.39, 0.29) is 5.56 Å². The minimum absolute atomic E-state index is 0.317. The molecule has 8 heteroatoms. The minimum Gasteiger partial charge on any atom is -0.452 e. The Hall–Kier alpha value is -1.93. The molecule has 0 spiro atoms. The van der Waals surface area contributed by atoms with E-state index in [9.17, 15) is 18.0 Å². The van der Waals surface area contributed by atoms with E-state index in [1.165, 1.54) is 35.6 Å². The first-order valence-corrected chi connectivity index (χ1v) is 11.0. The van der Waals surface area contributed by atoms with E-state index in [4.69, 9.17) is 9.47 Å². The van der Waals surface area contributed by atoms with E-state index in [1.54, 1.807) is 17.6 Å². The van der Waals surface area contributed by atoms with Gasteiger partial charge < -0.3 is 9.47 Å². The van der Waals surface area contributed by atoms with Crippen molar-refractivity contribution >= 4 is 17.3 Å². The number of nitrogens with zero attached hydrogens (tertiary/aromatic N) is 1. The summed E-state index contributed by atoms with van der Waals surface area (Å²) >= 11 is 1.26. The van der Waals surface area contributed by atoms with E-state index in [2.05, 4.69) is 11.9 Å². The van der Waals surface area contributed by atoms with Crippen LogP contribution in [0.5, 0.6) is 0 Å². The third-order valence-electron chi connectivity index (χ3n) is 4.97. The van der Waals surface area contributed by atoms with E-state index < -0.39 is 23.9 Å². The van der Waals surface area contributed by atoms with Crippen molar-refractivity contribution in [2.45, 2.75) is 69.8 Å².